The van der Waals surface area contributed by atoms with Gasteiger partial charge in [0.25, 0.3) is 0 Å². The molecule has 5 nitrogen and oxygen atoms in total. The molecule has 2 aliphatic rings. The molecule has 2 atom stereocenters. The van der Waals surface area contributed by atoms with Crippen molar-refractivity contribution in [3.8, 4) is 0 Å². The minimum absolute atomic E-state index is 0.0661. The van der Waals surface area contributed by atoms with Gasteiger partial charge in [-0.05, 0) is 71.1 Å². The predicted octanol–water partition coefficient (Wildman–Crippen LogP) is 6.98. The molecule has 0 bridgehead atoms. The van der Waals surface area contributed by atoms with E-state index in [0.717, 1.165) is 62.8 Å². The second kappa shape index (κ2) is 14.1. The number of hydrogen-bond acceptors (Lipinski definition) is 4. The molecule has 2 heterocycles. The van der Waals surface area contributed by atoms with Crippen LogP contribution in [0.2, 0.25) is 0 Å². The first-order valence-corrected chi connectivity index (χ1v) is 13.2. The molecule has 194 valence electrons. The summed E-state index contributed by atoms with van der Waals surface area (Å²) in [5, 5.41) is 9.97. The Hall–Kier alpha value is -2.56. The van der Waals surface area contributed by atoms with Crippen LogP contribution in [0.5, 0.6) is 0 Å². The van der Waals surface area contributed by atoms with Gasteiger partial charge >= 0.3 is 5.97 Å². The van der Waals surface area contributed by atoms with Crippen LogP contribution in [0.3, 0.4) is 0 Å². The minimum atomic E-state index is -0.531. The average Bonchev–Trinajstić information content (AvgIpc) is 3.26. The van der Waals surface area contributed by atoms with Crippen LogP contribution < -0.4 is 0 Å². The molecular formula is C30H45NO4. The maximum absolute atomic E-state index is 12.5. The highest BCUT2D eigenvalue weighted by Gasteiger charge is 2.31. The summed E-state index contributed by atoms with van der Waals surface area (Å²) in [7, 11) is 0. The van der Waals surface area contributed by atoms with Crippen LogP contribution in [0.4, 0.5) is 0 Å². The number of ether oxygens (including phenoxy) is 1. The molecule has 0 saturated carbocycles. The molecule has 0 saturated heterocycles. The zero-order valence-electron chi connectivity index (χ0n) is 22.6. The highest BCUT2D eigenvalue weighted by atomic mass is 16.6. The fraction of sp³-hybridized carbons (Fsp3) is 0.600. The summed E-state index contributed by atoms with van der Waals surface area (Å²) in [6.45, 7) is 14.0. The number of esters is 1. The van der Waals surface area contributed by atoms with E-state index < -0.39 is 12.1 Å². The highest BCUT2D eigenvalue weighted by Crippen LogP contribution is 2.25. The van der Waals surface area contributed by atoms with Gasteiger partial charge in [0.2, 0.25) is 5.91 Å². The van der Waals surface area contributed by atoms with Crippen molar-refractivity contribution in [2.45, 2.75) is 92.6 Å². The Balaban J connectivity index is 1.64. The van der Waals surface area contributed by atoms with Gasteiger partial charge in [-0.3, -0.25) is 4.79 Å². The number of nitrogens with zero attached hydrogens (tertiary/aromatic N) is 1. The number of aliphatic hydroxyl groups excluding tert-OH is 1. The largest absolute Gasteiger partial charge is 0.508 e. The molecule has 1 unspecified atom stereocenters. The van der Waals surface area contributed by atoms with E-state index in [1.807, 2.05) is 11.8 Å². The Labute approximate surface area is 212 Å². The molecule has 0 fully saturated rings. The third-order valence-corrected chi connectivity index (χ3v) is 6.80. The number of carbonyl (C=O) groups excluding carboxylic acids is 2. The van der Waals surface area contributed by atoms with E-state index in [4.69, 9.17) is 4.74 Å². The molecule has 0 radical (unpaired) electrons. The van der Waals surface area contributed by atoms with Gasteiger partial charge in [0.15, 0.2) is 6.10 Å². The van der Waals surface area contributed by atoms with Crippen LogP contribution in [0.1, 0.15) is 86.5 Å². The van der Waals surface area contributed by atoms with Gasteiger partial charge in [-0.25, -0.2) is 4.79 Å². The second-order valence-electron chi connectivity index (χ2n) is 10.6. The van der Waals surface area contributed by atoms with Crippen molar-refractivity contribution in [1.29, 1.82) is 0 Å². The predicted molar refractivity (Wildman–Crippen MR) is 143 cm³/mol. The van der Waals surface area contributed by atoms with Crippen LogP contribution in [0.25, 0.3) is 0 Å². The maximum Gasteiger partial charge on any atom is 0.338 e. The van der Waals surface area contributed by atoms with E-state index in [0.29, 0.717) is 23.8 Å². The van der Waals surface area contributed by atoms with Gasteiger partial charge < -0.3 is 14.7 Å². The summed E-state index contributed by atoms with van der Waals surface area (Å²) >= 11 is 0. The van der Waals surface area contributed by atoms with Crippen molar-refractivity contribution >= 4 is 11.9 Å². The van der Waals surface area contributed by atoms with Crippen molar-refractivity contribution in [3.05, 3.63) is 58.4 Å². The molecule has 5 heteroatoms. The third-order valence-electron chi connectivity index (χ3n) is 6.80. The first-order valence-electron chi connectivity index (χ1n) is 13.2. The second-order valence-corrected chi connectivity index (χ2v) is 10.6. The Morgan fingerprint density at radius 2 is 1.94 bits per heavy atom. The normalized spacial score (nSPS) is 20.5. The van der Waals surface area contributed by atoms with E-state index in [1.54, 1.807) is 6.92 Å². The summed E-state index contributed by atoms with van der Waals surface area (Å²) in [4.78, 5) is 26.0. The lowest BCUT2D eigenvalue weighted by Gasteiger charge is -2.17. The zero-order chi connectivity index (χ0) is 26.0. The summed E-state index contributed by atoms with van der Waals surface area (Å²) in [6.07, 6.45) is 16.8. The average molecular weight is 484 g/mol. The highest BCUT2D eigenvalue weighted by molar-refractivity contribution is 5.95. The molecule has 0 aliphatic carbocycles. The fourth-order valence-electron chi connectivity index (χ4n) is 4.28. The van der Waals surface area contributed by atoms with E-state index in [2.05, 4.69) is 58.1 Å². The summed E-state index contributed by atoms with van der Waals surface area (Å²) in [6, 6.07) is 0. The van der Waals surface area contributed by atoms with Crippen molar-refractivity contribution < 1.29 is 19.4 Å². The van der Waals surface area contributed by atoms with Gasteiger partial charge in [-0.1, -0.05) is 62.3 Å². The summed E-state index contributed by atoms with van der Waals surface area (Å²) in [5.41, 5.74) is 3.76. The topological polar surface area (TPSA) is 66.8 Å². The fourth-order valence-corrected chi connectivity index (χ4v) is 4.28. The molecule has 0 aromatic rings. The summed E-state index contributed by atoms with van der Waals surface area (Å²) in [5.74, 6) is 0.962. The molecule has 1 amide bonds. The number of amides is 1. The SMILES string of the molecule is CC1=C(O)[C@H](C/C(C)=C\CCC(C)/C=C/C=C(\C)CCCC2=CCN(CCC(C)C)C2=O)OC1=O. The van der Waals surface area contributed by atoms with Gasteiger partial charge in [0.1, 0.15) is 5.76 Å². The van der Waals surface area contributed by atoms with Crippen molar-refractivity contribution in [2.75, 3.05) is 13.1 Å². The number of aliphatic hydroxyl groups is 1. The van der Waals surface area contributed by atoms with Crippen LogP contribution in [-0.2, 0) is 14.3 Å². The first-order chi connectivity index (χ1) is 16.6. The smallest absolute Gasteiger partial charge is 0.338 e. The van der Waals surface area contributed by atoms with Crippen molar-refractivity contribution in [3.63, 3.8) is 0 Å². The van der Waals surface area contributed by atoms with Crippen LogP contribution in [0, 0.1) is 11.8 Å². The van der Waals surface area contributed by atoms with Crippen molar-refractivity contribution in [1.82, 2.24) is 4.90 Å². The number of carbonyl (C=O) groups is 2. The number of cyclic esters (lactones) is 1. The maximum atomic E-state index is 12.5. The monoisotopic (exact) mass is 483 g/mol. The Bertz CT molecular complexity index is 903. The molecule has 2 aliphatic heterocycles. The van der Waals surface area contributed by atoms with Crippen LogP contribution in [0.15, 0.2) is 58.4 Å². The Kier molecular flexibility index (Phi) is 11.6. The molecular weight excluding hydrogens is 438 g/mol. The van der Waals surface area contributed by atoms with Crippen LogP contribution >= 0.6 is 0 Å². The lowest BCUT2D eigenvalue weighted by molar-refractivity contribution is -0.140. The molecule has 0 spiro atoms. The third kappa shape index (κ3) is 9.54. The van der Waals surface area contributed by atoms with Crippen molar-refractivity contribution in [2.24, 2.45) is 11.8 Å². The van der Waals surface area contributed by atoms with E-state index in [1.165, 1.54) is 5.57 Å². The first kappa shape index (κ1) is 28.7. The number of rotatable bonds is 14. The van der Waals surface area contributed by atoms with E-state index in [-0.39, 0.29) is 11.7 Å². The minimum Gasteiger partial charge on any atom is -0.508 e. The molecule has 0 aromatic carbocycles. The zero-order valence-corrected chi connectivity index (χ0v) is 22.6. The van der Waals surface area contributed by atoms with Gasteiger partial charge in [0.05, 0.1) is 5.57 Å². The lowest BCUT2D eigenvalue weighted by atomic mass is 10.0. The number of hydrogen-bond donors (Lipinski definition) is 1. The Morgan fingerprint density at radius 3 is 2.60 bits per heavy atom. The quantitative estimate of drug-likeness (QED) is 0.164. The molecule has 1 N–H and O–H groups in total. The standard InChI is InChI=1S/C30H45NO4/c1-21(2)16-18-31-19-17-26(29(31)33)15-9-13-23(4)11-7-10-22(3)12-8-14-24(5)20-27-28(32)25(6)30(34)35-27/h7,10-11,14,17,21-22,27,32H,8-9,12-13,15-16,18-20H2,1-6H3/b10-7+,23-11+,24-14-/t22?,27-/m0/s1. The number of allylic oxidation sites excluding steroid dienone is 5. The summed E-state index contributed by atoms with van der Waals surface area (Å²) < 4.78 is 5.20. The molecule has 35 heavy (non-hydrogen) atoms. The van der Waals surface area contributed by atoms with E-state index in [9.17, 15) is 14.7 Å². The van der Waals surface area contributed by atoms with Gasteiger partial charge in [-0.15, -0.1) is 0 Å². The van der Waals surface area contributed by atoms with E-state index >= 15 is 0 Å². The molecule has 2 rings (SSSR count). The Morgan fingerprint density at radius 1 is 1.20 bits per heavy atom. The van der Waals surface area contributed by atoms with Crippen LogP contribution in [-0.4, -0.2) is 41.1 Å². The van der Waals surface area contributed by atoms with Gasteiger partial charge in [-0.2, -0.15) is 0 Å². The van der Waals surface area contributed by atoms with Gasteiger partial charge in [0, 0.05) is 25.1 Å². The molecule has 0 aromatic heterocycles. The lowest BCUT2D eigenvalue weighted by Crippen LogP contribution is -2.28.